The predicted octanol–water partition coefficient (Wildman–Crippen LogP) is 4.93. The fraction of sp³-hybridized carbons (Fsp3) is 0.0952. The number of benzene rings is 3. The first kappa shape index (κ1) is 18.8. The molecule has 3 aromatic carbocycles. The molecule has 0 aliphatic rings. The van der Waals surface area contributed by atoms with Crippen LogP contribution in [-0.4, -0.2) is 0 Å². The van der Waals surface area contributed by atoms with Crippen LogP contribution in [0.25, 0.3) is 0 Å². The Balaban J connectivity index is 2.06. The summed E-state index contributed by atoms with van der Waals surface area (Å²) in [6.07, 6.45) is -1.95. The molecule has 0 fully saturated rings. The van der Waals surface area contributed by atoms with E-state index in [1.807, 2.05) is 60.7 Å². The molecule has 1 N–H and O–H groups in total. The van der Waals surface area contributed by atoms with Crippen LogP contribution >= 0.6 is 17.8 Å². The van der Waals surface area contributed by atoms with E-state index >= 15 is 0 Å². The van der Waals surface area contributed by atoms with Gasteiger partial charge in [0.05, 0.1) is 18.7 Å². The Morgan fingerprint density at radius 2 is 1.38 bits per heavy atom. The van der Waals surface area contributed by atoms with Crippen molar-refractivity contribution < 1.29 is 0 Å². The van der Waals surface area contributed by atoms with Gasteiger partial charge in [0.2, 0.25) is 0 Å². The van der Waals surface area contributed by atoms with E-state index in [1.54, 1.807) is 0 Å². The number of nitrogens with one attached hydrogen (secondary N) is 1. The lowest BCUT2D eigenvalue weighted by atomic mass is 10.1. The van der Waals surface area contributed by atoms with E-state index < -0.39 is 6.19 Å². The lowest BCUT2D eigenvalue weighted by molar-refractivity contribution is 0.689. The Morgan fingerprint density at radius 3 is 1.85 bits per heavy atom. The van der Waals surface area contributed by atoms with Gasteiger partial charge in [0.1, 0.15) is 0 Å². The second kappa shape index (κ2) is 8.62. The van der Waals surface area contributed by atoms with E-state index in [1.165, 1.54) is 0 Å². The topological polar surface area (TPSA) is 35.8 Å². The van der Waals surface area contributed by atoms with Crippen LogP contribution in [0, 0.1) is 11.3 Å². The zero-order chi connectivity index (χ0) is 18.4. The molecule has 0 aliphatic carbocycles. The van der Waals surface area contributed by atoms with Gasteiger partial charge in [-0.15, -0.1) is 0 Å². The van der Waals surface area contributed by atoms with E-state index in [4.69, 9.17) is 23.4 Å². The van der Waals surface area contributed by atoms with Crippen molar-refractivity contribution in [1.29, 1.82) is 5.26 Å². The largest absolute Gasteiger partial charge is 0.274 e. The maximum atomic E-state index is 9.35. The highest BCUT2D eigenvalue weighted by Gasteiger charge is 2.26. The van der Waals surface area contributed by atoms with Gasteiger partial charge in [0, 0.05) is 21.7 Å². The Hall–Kier alpha value is -1.95. The smallest absolute Gasteiger partial charge is 0.0689 e. The van der Waals surface area contributed by atoms with Crippen molar-refractivity contribution in [3.05, 3.63) is 95.5 Å². The molecule has 2 nitrogen and oxygen atoms in total. The molecule has 5 heteroatoms. The van der Waals surface area contributed by atoms with Gasteiger partial charge in [-0.25, -0.2) is 0 Å². The van der Waals surface area contributed by atoms with Crippen molar-refractivity contribution in [1.82, 2.24) is 5.09 Å². The van der Waals surface area contributed by atoms with E-state index in [0.29, 0.717) is 11.4 Å². The van der Waals surface area contributed by atoms with Crippen LogP contribution in [0.15, 0.2) is 84.9 Å². The van der Waals surface area contributed by atoms with Crippen LogP contribution in [0.1, 0.15) is 18.0 Å². The third-order valence-corrected chi connectivity index (χ3v) is 8.70. The van der Waals surface area contributed by atoms with Crippen LogP contribution in [0.4, 0.5) is 0 Å². The summed E-state index contributed by atoms with van der Waals surface area (Å²) >= 11 is 12.2. The number of hydrogen-bond acceptors (Lipinski definition) is 2. The summed E-state index contributed by atoms with van der Waals surface area (Å²) in [6.45, 7) is 0. The second-order valence-electron chi connectivity index (χ2n) is 5.88. The molecular weight excluding hydrogens is 379 g/mol. The SMILES string of the molecule is N#CC[C@H](NP(=S)(c1ccccc1)c1ccccc1)c1ccc(Cl)cc1. The van der Waals surface area contributed by atoms with E-state index in [-0.39, 0.29) is 6.04 Å². The summed E-state index contributed by atoms with van der Waals surface area (Å²) in [6, 6.07) is 29.9. The van der Waals surface area contributed by atoms with E-state index in [0.717, 1.165) is 16.2 Å². The minimum atomic E-state index is -2.29. The van der Waals surface area contributed by atoms with Gasteiger partial charge < -0.3 is 0 Å². The molecule has 0 amide bonds. The normalized spacial score (nSPS) is 12.3. The van der Waals surface area contributed by atoms with Crippen LogP contribution in [-0.2, 0) is 11.8 Å². The zero-order valence-corrected chi connectivity index (χ0v) is 16.5. The van der Waals surface area contributed by atoms with Gasteiger partial charge in [0.25, 0.3) is 0 Å². The maximum absolute atomic E-state index is 9.35. The van der Waals surface area contributed by atoms with Gasteiger partial charge in [-0.2, -0.15) is 5.26 Å². The number of hydrogen-bond donors (Lipinski definition) is 1. The summed E-state index contributed by atoms with van der Waals surface area (Å²) in [4.78, 5) is 0. The highest BCUT2D eigenvalue weighted by atomic mass is 35.5. The fourth-order valence-electron chi connectivity index (χ4n) is 2.82. The third-order valence-electron chi connectivity index (χ3n) is 4.15. The van der Waals surface area contributed by atoms with Crippen molar-refractivity contribution in [2.45, 2.75) is 12.5 Å². The molecule has 0 unspecified atom stereocenters. The minimum Gasteiger partial charge on any atom is -0.274 e. The average molecular weight is 397 g/mol. The van der Waals surface area contributed by atoms with E-state index in [9.17, 15) is 5.26 Å². The molecule has 0 aliphatic heterocycles. The van der Waals surface area contributed by atoms with Gasteiger partial charge in [-0.3, -0.25) is 5.09 Å². The predicted molar refractivity (Wildman–Crippen MR) is 114 cm³/mol. The minimum absolute atomic E-state index is 0.163. The highest BCUT2D eigenvalue weighted by molar-refractivity contribution is 8.20. The first-order valence-corrected chi connectivity index (χ1v) is 11.4. The van der Waals surface area contributed by atoms with Gasteiger partial charge in [0.15, 0.2) is 0 Å². The molecule has 0 saturated carbocycles. The summed E-state index contributed by atoms with van der Waals surface area (Å²) in [5, 5.41) is 15.9. The number of nitrogens with zero attached hydrogens (tertiary/aromatic N) is 1. The summed E-state index contributed by atoms with van der Waals surface area (Å²) in [5.74, 6) is 0. The molecule has 0 saturated heterocycles. The molecule has 3 rings (SSSR count). The number of nitriles is 1. The molecule has 130 valence electrons. The van der Waals surface area contributed by atoms with Crippen LogP contribution < -0.4 is 15.7 Å². The molecule has 0 heterocycles. The van der Waals surface area contributed by atoms with Crippen molar-refractivity contribution in [2.75, 3.05) is 0 Å². The van der Waals surface area contributed by atoms with Crippen molar-refractivity contribution in [3.8, 4) is 6.07 Å². The van der Waals surface area contributed by atoms with Gasteiger partial charge in [-0.1, -0.05) is 96.2 Å². The summed E-state index contributed by atoms with van der Waals surface area (Å²) < 4.78 is 0. The molecule has 0 radical (unpaired) electrons. The van der Waals surface area contributed by atoms with Gasteiger partial charge in [-0.05, 0) is 17.7 Å². The average Bonchev–Trinajstić information content (AvgIpc) is 2.69. The monoisotopic (exact) mass is 396 g/mol. The number of rotatable bonds is 6. The first-order chi connectivity index (χ1) is 12.6. The zero-order valence-electron chi connectivity index (χ0n) is 14.0. The van der Waals surface area contributed by atoms with Crippen LogP contribution in [0.2, 0.25) is 5.02 Å². The first-order valence-electron chi connectivity index (χ1n) is 8.25. The van der Waals surface area contributed by atoms with Gasteiger partial charge >= 0.3 is 0 Å². The molecule has 0 spiro atoms. The van der Waals surface area contributed by atoms with Crippen molar-refractivity contribution in [3.63, 3.8) is 0 Å². The van der Waals surface area contributed by atoms with E-state index in [2.05, 4.69) is 35.4 Å². The lowest BCUT2D eigenvalue weighted by Gasteiger charge is -2.29. The Morgan fingerprint density at radius 1 is 0.885 bits per heavy atom. The standard InChI is InChI=1S/C21H18ClN2PS/c22-18-13-11-17(12-14-18)21(15-16-23)24-25(26,19-7-3-1-4-8-19)20-9-5-2-6-10-20/h1-14,21H,15H2,(H,24,26)/t21-/m0/s1. The quantitative estimate of drug-likeness (QED) is 0.600. The molecule has 3 aromatic rings. The van der Waals surface area contributed by atoms with Crippen LogP contribution in [0.3, 0.4) is 0 Å². The fourth-order valence-corrected chi connectivity index (χ4v) is 6.52. The van der Waals surface area contributed by atoms with Crippen LogP contribution in [0.5, 0.6) is 0 Å². The molecule has 1 atom stereocenters. The lowest BCUT2D eigenvalue weighted by Crippen LogP contribution is -2.30. The summed E-state index contributed by atoms with van der Waals surface area (Å²) in [5.41, 5.74) is 1.01. The Labute approximate surface area is 164 Å². The van der Waals surface area contributed by atoms with Crippen molar-refractivity contribution >= 4 is 40.2 Å². The van der Waals surface area contributed by atoms with Crippen molar-refractivity contribution in [2.24, 2.45) is 0 Å². The second-order valence-corrected chi connectivity index (χ2v) is 10.5. The molecule has 26 heavy (non-hydrogen) atoms. The summed E-state index contributed by atoms with van der Waals surface area (Å²) in [7, 11) is 0. The molecule has 0 aromatic heterocycles. The molecular formula is C21H18ClN2PS. The molecule has 0 bridgehead atoms. The Bertz CT molecular complexity index is 894. The highest BCUT2D eigenvalue weighted by Crippen LogP contribution is 2.42. The maximum Gasteiger partial charge on any atom is 0.0689 e. The number of halogens is 1. The third kappa shape index (κ3) is 4.23. The Kier molecular flexibility index (Phi) is 6.25.